The van der Waals surface area contributed by atoms with Crippen LogP contribution in [0.1, 0.15) is 44.1 Å². The van der Waals surface area contributed by atoms with Crippen LogP contribution in [0.3, 0.4) is 0 Å². The third kappa shape index (κ3) is 6.58. The molecule has 1 atom stereocenters. The van der Waals surface area contributed by atoms with Gasteiger partial charge in [0.05, 0.1) is 5.92 Å². The highest BCUT2D eigenvalue weighted by molar-refractivity contribution is 6.27. The molecule has 3 heterocycles. The van der Waals surface area contributed by atoms with Crippen molar-refractivity contribution in [1.29, 1.82) is 0 Å². The zero-order valence-corrected chi connectivity index (χ0v) is 17.6. The number of hydrogen-bond donors (Lipinski definition) is 2. The molecule has 1 amide bonds. The fraction of sp³-hybridized carbons (Fsp3) is 0.591. The molecule has 4 rings (SSSR count). The minimum absolute atomic E-state index is 0.167. The number of carboxylic acid groups (broad SMARTS) is 2. The van der Waals surface area contributed by atoms with Crippen molar-refractivity contribution in [2.24, 2.45) is 5.92 Å². The Kier molecular flexibility index (Phi) is 8.11. The van der Waals surface area contributed by atoms with Gasteiger partial charge in [0.15, 0.2) is 11.5 Å². The van der Waals surface area contributed by atoms with Gasteiger partial charge in [-0.25, -0.2) is 9.59 Å². The predicted octanol–water partition coefficient (Wildman–Crippen LogP) is 2.19. The number of hydrogen-bond acceptors (Lipinski definition) is 6. The summed E-state index contributed by atoms with van der Waals surface area (Å²) < 4.78 is 10.9. The highest BCUT2D eigenvalue weighted by Crippen LogP contribution is 2.33. The molecule has 0 bridgehead atoms. The molecule has 2 fully saturated rings. The lowest BCUT2D eigenvalue weighted by atomic mass is 9.96. The average molecular weight is 434 g/mol. The van der Waals surface area contributed by atoms with E-state index in [-0.39, 0.29) is 5.92 Å². The van der Waals surface area contributed by atoms with E-state index in [1.807, 2.05) is 6.07 Å². The molecule has 0 spiro atoms. The van der Waals surface area contributed by atoms with E-state index in [1.54, 1.807) is 0 Å². The molecule has 0 aromatic heterocycles. The quantitative estimate of drug-likeness (QED) is 0.696. The van der Waals surface area contributed by atoms with Gasteiger partial charge in [-0.3, -0.25) is 9.69 Å². The molecule has 170 valence electrons. The molecule has 0 aliphatic carbocycles. The number of fused-ring (bicyclic) bond motifs is 1. The molecule has 1 aromatic rings. The number of benzene rings is 1. The molecule has 9 heteroatoms. The lowest BCUT2D eigenvalue weighted by Crippen LogP contribution is -2.44. The number of carbonyl (C=O) groups is 3. The summed E-state index contributed by atoms with van der Waals surface area (Å²) in [4.78, 5) is 35.7. The van der Waals surface area contributed by atoms with E-state index in [2.05, 4.69) is 21.9 Å². The monoisotopic (exact) mass is 434 g/mol. The second-order valence-corrected chi connectivity index (χ2v) is 8.11. The van der Waals surface area contributed by atoms with Crippen molar-refractivity contribution < 1.29 is 34.1 Å². The Balaban J connectivity index is 0.000000401. The summed E-state index contributed by atoms with van der Waals surface area (Å²) in [5.41, 5.74) is 1.23. The maximum atomic E-state index is 12.9. The number of likely N-dealkylation sites (tertiary alicyclic amines) is 2. The minimum atomic E-state index is -1.82. The van der Waals surface area contributed by atoms with Crippen molar-refractivity contribution in [2.45, 2.75) is 45.1 Å². The zero-order chi connectivity index (χ0) is 22.2. The van der Waals surface area contributed by atoms with Gasteiger partial charge in [0.2, 0.25) is 12.7 Å². The highest BCUT2D eigenvalue weighted by Gasteiger charge is 2.29. The van der Waals surface area contributed by atoms with E-state index >= 15 is 0 Å². The lowest BCUT2D eigenvalue weighted by molar-refractivity contribution is -0.159. The Hall–Kier alpha value is -2.81. The van der Waals surface area contributed by atoms with Crippen molar-refractivity contribution in [3.8, 4) is 11.5 Å². The normalized spacial score (nSPS) is 20.9. The van der Waals surface area contributed by atoms with E-state index in [0.29, 0.717) is 12.7 Å². The fourth-order valence-corrected chi connectivity index (χ4v) is 4.25. The first-order valence-corrected chi connectivity index (χ1v) is 10.8. The molecule has 1 unspecified atom stereocenters. The third-order valence-electron chi connectivity index (χ3n) is 5.80. The van der Waals surface area contributed by atoms with Crippen molar-refractivity contribution in [3.05, 3.63) is 23.8 Å². The Morgan fingerprint density at radius 2 is 1.58 bits per heavy atom. The maximum Gasteiger partial charge on any atom is 0.414 e. The Morgan fingerprint density at radius 3 is 2.26 bits per heavy atom. The van der Waals surface area contributed by atoms with Crippen molar-refractivity contribution in [2.75, 3.05) is 33.0 Å². The van der Waals surface area contributed by atoms with Crippen LogP contribution in [0, 0.1) is 5.92 Å². The van der Waals surface area contributed by atoms with Gasteiger partial charge in [-0.2, -0.15) is 0 Å². The van der Waals surface area contributed by atoms with Crippen LogP contribution in [0.15, 0.2) is 18.2 Å². The molecule has 2 saturated heterocycles. The van der Waals surface area contributed by atoms with E-state index in [9.17, 15) is 4.79 Å². The Labute approximate surface area is 181 Å². The maximum absolute atomic E-state index is 12.9. The van der Waals surface area contributed by atoms with Gasteiger partial charge >= 0.3 is 11.9 Å². The van der Waals surface area contributed by atoms with Gasteiger partial charge in [0, 0.05) is 26.2 Å². The number of aliphatic carboxylic acids is 2. The van der Waals surface area contributed by atoms with Gasteiger partial charge in [-0.15, -0.1) is 0 Å². The topological polar surface area (TPSA) is 117 Å². The molecule has 0 radical (unpaired) electrons. The Bertz CT molecular complexity index is 778. The van der Waals surface area contributed by atoms with Crippen LogP contribution in [0.5, 0.6) is 11.5 Å². The zero-order valence-electron chi connectivity index (χ0n) is 17.6. The summed E-state index contributed by atoms with van der Waals surface area (Å²) in [7, 11) is 0. The smallest absolute Gasteiger partial charge is 0.414 e. The van der Waals surface area contributed by atoms with Gasteiger partial charge < -0.3 is 24.6 Å². The van der Waals surface area contributed by atoms with Crippen LogP contribution < -0.4 is 9.47 Å². The molecular weight excluding hydrogens is 404 g/mol. The first-order chi connectivity index (χ1) is 14.9. The number of piperidine rings is 1. The summed E-state index contributed by atoms with van der Waals surface area (Å²) in [6.45, 7) is 5.05. The molecular formula is C22H30N2O7. The SMILES string of the molecule is O=C(C1CCCN(Cc2ccc3c(c2)OCO3)C1)N1CCCCCC1.O=C(O)C(=O)O. The van der Waals surface area contributed by atoms with Gasteiger partial charge in [-0.05, 0) is 49.9 Å². The predicted molar refractivity (Wildman–Crippen MR) is 111 cm³/mol. The molecule has 3 aliphatic heterocycles. The minimum Gasteiger partial charge on any atom is -0.473 e. The van der Waals surface area contributed by atoms with E-state index in [0.717, 1.165) is 57.1 Å². The van der Waals surface area contributed by atoms with Gasteiger partial charge in [-0.1, -0.05) is 18.9 Å². The average Bonchev–Trinajstić information content (AvgIpc) is 3.05. The second-order valence-electron chi connectivity index (χ2n) is 8.11. The summed E-state index contributed by atoms with van der Waals surface area (Å²) in [5.74, 6) is -1.42. The number of ether oxygens (including phenoxy) is 2. The number of carboxylic acids is 2. The molecule has 31 heavy (non-hydrogen) atoms. The van der Waals surface area contributed by atoms with Crippen molar-refractivity contribution in [1.82, 2.24) is 9.80 Å². The van der Waals surface area contributed by atoms with Crippen LogP contribution in [-0.2, 0) is 20.9 Å². The van der Waals surface area contributed by atoms with Gasteiger partial charge in [0.1, 0.15) is 0 Å². The van der Waals surface area contributed by atoms with Crippen LogP contribution in [0.2, 0.25) is 0 Å². The van der Waals surface area contributed by atoms with Crippen molar-refractivity contribution >= 4 is 17.8 Å². The summed E-state index contributed by atoms with van der Waals surface area (Å²) in [6.07, 6.45) is 7.01. The highest BCUT2D eigenvalue weighted by atomic mass is 16.7. The summed E-state index contributed by atoms with van der Waals surface area (Å²) >= 11 is 0. The third-order valence-corrected chi connectivity index (χ3v) is 5.80. The number of rotatable bonds is 3. The summed E-state index contributed by atoms with van der Waals surface area (Å²) in [5, 5.41) is 14.8. The van der Waals surface area contributed by atoms with Crippen molar-refractivity contribution in [3.63, 3.8) is 0 Å². The first kappa shape index (κ1) is 22.9. The van der Waals surface area contributed by atoms with Crippen LogP contribution in [-0.4, -0.2) is 70.8 Å². The molecule has 2 N–H and O–H groups in total. The molecule has 9 nitrogen and oxygen atoms in total. The number of nitrogens with zero attached hydrogens (tertiary/aromatic N) is 2. The van der Waals surface area contributed by atoms with Crippen LogP contribution >= 0.6 is 0 Å². The lowest BCUT2D eigenvalue weighted by Gasteiger charge is -2.34. The molecule has 3 aliphatic rings. The van der Waals surface area contributed by atoms with E-state index < -0.39 is 11.9 Å². The van der Waals surface area contributed by atoms with E-state index in [4.69, 9.17) is 29.3 Å². The largest absolute Gasteiger partial charge is 0.473 e. The van der Waals surface area contributed by atoms with Gasteiger partial charge in [0.25, 0.3) is 0 Å². The first-order valence-electron chi connectivity index (χ1n) is 10.8. The summed E-state index contributed by atoms with van der Waals surface area (Å²) in [6, 6.07) is 6.16. The molecule has 1 aromatic carbocycles. The van der Waals surface area contributed by atoms with E-state index in [1.165, 1.54) is 31.2 Å². The Morgan fingerprint density at radius 1 is 0.903 bits per heavy atom. The molecule has 0 saturated carbocycles. The van der Waals surface area contributed by atoms with Crippen LogP contribution in [0.25, 0.3) is 0 Å². The fourth-order valence-electron chi connectivity index (χ4n) is 4.25. The number of carbonyl (C=O) groups excluding carboxylic acids is 1. The number of amides is 1. The second kappa shape index (κ2) is 11.0. The standard InChI is InChI=1S/C20H28N2O3.C2H2O4/c23-20(22-10-3-1-2-4-11-22)17-6-5-9-21(14-17)13-16-7-8-18-19(12-16)25-15-24-18;3-1(4)2(5)6/h7-8,12,17H,1-6,9-11,13-15H2;(H,3,4)(H,5,6). The van der Waals surface area contributed by atoms with Crippen LogP contribution in [0.4, 0.5) is 0 Å².